The molecule has 6 nitrogen and oxygen atoms in total. The van der Waals surface area contributed by atoms with Gasteiger partial charge in [0, 0.05) is 17.8 Å². The van der Waals surface area contributed by atoms with Crippen LogP contribution < -0.4 is 0 Å². The monoisotopic (exact) mass is 320 g/mol. The largest absolute Gasteiger partial charge is 0.377 e. The second-order valence-electron chi connectivity index (χ2n) is 5.41. The van der Waals surface area contributed by atoms with E-state index in [-0.39, 0.29) is 11.9 Å². The third kappa shape index (κ3) is 2.66. The molecule has 3 rings (SSSR count). The number of H-pyrrole nitrogens is 1. The molecule has 0 spiro atoms. The molecule has 22 heavy (non-hydrogen) atoms. The molecule has 1 atom stereocenters. The smallest absolute Gasteiger partial charge is 0.266 e. The van der Waals surface area contributed by atoms with Gasteiger partial charge in [-0.2, -0.15) is 5.10 Å². The standard InChI is InChI=1S/C15H20N4O2S/c1-4-13-16-7-12(22-13)15(20)19-5-6-21-8-11(19)14-9(2)17-18-10(14)3/h7,11H,4-6,8H2,1-3H3,(H,17,18)/t11-/m1/s1. The van der Waals surface area contributed by atoms with Crippen LogP contribution in [0, 0.1) is 13.8 Å². The Balaban J connectivity index is 1.91. The quantitative estimate of drug-likeness (QED) is 0.941. The summed E-state index contributed by atoms with van der Waals surface area (Å²) in [7, 11) is 0. The van der Waals surface area contributed by atoms with Crippen molar-refractivity contribution >= 4 is 17.2 Å². The third-order valence-corrected chi connectivity index (χ3v) is 5.10. The van der Waals surface area contributed by atoms with Gasteiger partial charge in [-0.15, -0.1) is 11.3 Å². The number of rotatable bonds is 3. The number of carbonyl (C=O) groups excluding carboxylic acids is 1. The lowest BCUT2D eigenvalue weighted by Gasteiger charge is -2.35. The van der Waals surface area contributed by atoms with Crippen molar-refractivity contribution < 1.29 is 9.53 Å². The molecule has 1 aliphatic heterocycles. The third-order valence-electron chi connectivity index (χ3n) is 3.97. The van der Waals surface area contributed by atoms with Crippen LogP contribution in [0.3, 0.4) is 0 Å². The van der Waals surface area contributed by atoms with Gasteiger partial charge < -0.3 is 9.64 Å². The molecule has 1 aliphatic rings. The van der Waals surface area contributed by atoms with E-state index in [0.717, 1.165) is 28.4 Å². The van der Waals surface area contributed by atoms with Gasteiger partial charge in [0.1, 0.15) is 4.88 Å². The first-order chi connectivity index (χ1) is 10.6. The zero-order valence-corrected chi connectivity index (χ0v) is 13.9. The molecule has 0 unspecified atom stereocenters. The zero-order valence-electron chi connectivity index (χ0n) is 13.0. The van der Waals surface area contributed by atoms with Crippen LogP contribution >= 0.6 is 11.3 Å². The minimum atomic E-state index is -0.0906. The fraction of sp³-hybridized carbons (Fsp3) is 0.533. The van der Waals surface area contributed by atoms with Crippen LogP contribution in [0.4, 0.5) is 0 Å². The molecule has 1 fully saturated rings. The molecule has 0 saturated carbocycles. The van der Waals surface area contributed by atoms with Crippen molar-refractivity contribution in [3.8, 4) is 0 Å². The molecule has 1 saturated heterocycles. The number of hydrogen-bond acceptors (Lipinski definition) is 5. The van der Waals surface area contributed by atoms with Crippen LogP contribution in [0.5, 0.6) is 0 Å². The summed E-state index contributed by atoms with van der Waals surface area (Å²) in [5.74, 6) is 0.0329. The summed E-state index contributed by atoms with van der Waals surface area (Å²) in [5, 5.41) is 8.23. The number of ether oxygens (including phenoxy) is 1. The van der Waals surface area contributed by atoms with Crippen molar-refractivity contribution in [1.29, 1.82) is 0 Å². The number of hydrogen-bond donors (Lipinski definition) is 1. The van der Waals surface area contributed by atoms with Crippen LogP contribution in [-0.4, -0.2) is 45.7 Å². The van der Waals surface area contributed by atoms with Crippen LogP contribution in [0.25, 0.3) is 0 Å². The first kappa shape index (κ1) is 15.2. The second-order valence-corrected chi connectivity index (χ2v) is 6.52. The van der Waals surface area contributed by atoms with E-state index in [0.29, 0.717) is 24.6 Å². The van der Waals surface area contributed by atoms with Gasteiger partial charge >= 0.3 is 0 Å². The molecule has 0 aliphatic carbocycles. The maximum Gasteiger partial charge on any atom is 0.266 e. The Morgan fingerprint density at radius 3 is 3.00 bits per heavy atom. The fourth-order valence-electron chi connectivity index (χ4n) is 2.85. The second kappa shape index (κ2) is 6.18. The van der Waals surface area contributed by atoms with Gasteiger partial charge in [0.05, 0.1) is 36.2 Å². The maximum absolute atomic E-state index is 12.9. The Hall–Kier alpha value is -1.73. The summed E-state index contributed by atoms with van der Waals surface area (Å²) in [6.45, 7) is 7.65. The molecular weight excluding hydrogens is 300 g/mol. The van der Waals surface area contributed by atoms with Gasteiger partial charge in [0.25, 0.3) is 5.91 Å². The fourth-order valence-corrected chi connectivity index (χ4v) is 3.66. The van der Waals surface area contributed by atoms with Gasteiger partial charge in [0.2, 0.25) is 0 Å². The number of nitrogens with zero attached hydrogens (tertiary/aromatic N) is 3. The van der Waals surface area contributed by atoms with E-state index in [1.165, 1.54) is 11.3 Å². The summed E-state index contributed by atoms with van der Waals surface area (Å²) in [6.07, 6.45) is 2.54. The van der Waals surface area contributed by atoms with Gasteiger partial charge in [0.15, 0.2) is 0 Å². The van der Waals surface area contributed by atoms with Gasteiger partial charge in [-0.25, -0.2) is 4.98 Å². The summed E-state index contributed by atoms with van der Waals surface area (Å²) in [6, 6.07) is -0.0906. The van der Waals surface area contributed by atoms with Crippen molar-refractivity contribution in [3.05, 3.63) is 33.0 Å². The first-order valence-corrected chi connectivity index (χ1v) is 8.28. The van der Waals surface area contributed by atoms with Crippen LogP contribution in [0.2, 0.25) is 0 Å². The Kier molecular flexibility index (Phi) is 4.26. The van der Waals surface area contributed by atoms with E-state index in [1.807, 2.05) is 25.7 Å². The molecule has 0 aromatic carbocycles. The summed E-state index contributed by atoms with van der Waals surface area (Å²) in [5.41, 5.74) is 2.97. The van der Waals surface area contributed by atoms with Gasteiger partial charge in [-0.3, -0.25) is 9.89 Å². The number of aryl methyl sites for hydroxylation is 3. The Morgan fingerprint density at radius 1 is 1.55 bits per heavy atom. The van der Waals surface area contributed by atoms with Crippen LogP contribution in [0.15, 0.2) is 6.20 Å². The Labute approximate surface area is 133 Å². The number of morpholine rings is 1. The van der Waals surface area contributed by atoms with E-state index in [2.05, 4.69) is 15.2 Å². The van der Waals surface area contributed by atoms with Crippen molar-refractivity contribution in [2.24, 2.45) is 0 Å². The average molecular weight is 320 g/mol. The predicted molar refractivity (Wildman–Crippen MR) is 84.2 cm³/mol. The number of carbonyl (C=O) groups is 1. The molecule has 2 aromatic rings. The van der Waals surface area contributed by atoms with E-state index >= 15 is 0 Å². The van der Waals surface area contributed by atoms with E-state index in [9.17, 15) is 4.79 Å². The number of amides is 1. The normalized spacial score (nSPS) is 18.7. The molecule has 1 N–H and O–H groups in total. The average Bonchev–Trinajstić information content (AvgIpc) is 3.14. The van der Waals surface area contributed by atoms with Crippen molar-refractivity contribution in [3.63, 3.8) is 0 Å². The molecular formula is C15H20N4O2S. The summed E-state index contributed by atoms with van der Waals surface area (Å²) >= 11 is 1.48. The summed E-state index contributed by atoms with van der Waals surface area (Å²) < 4.78 is 5.61. The number of thiazole rings is 1. The van der Waals surface area contributed by atoms with E-state index in [4.69, 9.17) is 4.74 Å². The molecule has 0 bridgehead atoms. The van der Waals surface area contributed by atoms with Crippen molar-refractivity contribution in [2.45, 2.75) is 33.2 Å². The lowest BCUT2D eigenvalue weighted by Crippen LogP contribution is -2.43. The van der Waals surface area contributed by atoms with Crippen LogP contribution in [-0.2, 0) is 11.2 Å². The van der Waals surface area contributed by atoms with Gasteiger partial charge in [-0.05, 0) is 20.3 Å². The number of aromatic nitrogens is 3. The highest BCUT2D eigenvalue weighted by atomic mass is 32.1. The Bertz CT molecular complexity index is 659. The number of nitrogens with one attached hydrogen (secondary N) is 1. The molecule has 3 heterocycles. The highest BCUT2D eigenvalue weighted by Gasteiger charge is 2.33. The zero-order chi connectivity index (χ0) is 15.7. The minimum absolute atomic E-state index is 0.0329. The lowest BCUT2D eigenvalue weighted by molar-refractivity contribution is -0.00276. The number of aromatic amines is 1. The maximum atomic E-state index is 12.9. The molecule has 1 amide bonds. The highest BCUT2D eigenvalue weighted by Crippen LogP contribution is 2.30. The highest BCUT2D eigenvalue weighted by molar-refractivity contribution is 7.13. The molecule has 2 aromatic heterocycles. The lowest BCUT2D eigenvalue weighted by atomic mass is 10.0. The summed E-state index contributed by atoms with van der Waals surface area (Å²) in [4.78, 5) is 19.7. The van der Waals surface area contributed by atoms with Gasteiger partial charge in [-0.1, -0.05) is 6.92 Å². The minimum Gasteiger partial charge on any atom is -0.377 e. The van der Waals surface area contributed by atoms with Crippen LogP contribution in [0.1, 0.15) is 44.6 Å². The molecule has 118 valence electrons. The van der Waals surface area contributed by atoms with E-state index < -0.39 is 0 Å². The first-order valence-electron chi connectivity index (χ1n) is 7.46. The molecule has 0 radical (unpaired) electrons. The van der Waals surface area contributed by atoms with Crippen molar-refractivity contribution in [1.82, 2.24) is 20.1 Å². The Morgan fingerprint density at radius 2 is 2.36 bits per heavy atom. The van der Waals surface area contributed by atoms with E-state index in [1.54, 1.807) is 6.20 Å². The molecule has 7 heteroatoms. The predicted octanol–water partition coefficient (Wildman–Crippen LogP) is 2.26. The van der Waals surface area contributed by atoms with Crippen molar-refractivity contribution in [2.75, 3.05) is 19.8 Å². The SMILES string of the molecule is CCc1ncc(C(=O)N2CCOC[C@@H]2c2c(C)n[nH]c2C)s1. The topological polar surface area (TPSA) is 71.1 Å².